The fourth-order valence-corrected chi connectivity index (χ4v) is 5.95. The number of hydrogen-bond donors (Lipinski definition) is 2. The van der Waals surface area contributed by atoms with Gasteiger partial charge in [0.2, 0.25) is 10.0 Å². The number of benzene rings is 2. The maximum Gasteiger partial charge on any atom is 0.243 e. The van der Waals surface area contributed by atoms with Gasteiger partial charge in [-0.2, -0.15) is 4.31 Å². The minimum Gasteiger partial charge on any atom is -0.396 e. The van der Waals surface area contributed by atoms with Crippen LogP contribution >= 0.6 is 11.6 Å². The minimum absolute atomic E-state index is 0.00309. The Kier molecular flexibility index (Phi) is 7.93. The molecule has 2 aromatic carbocycles. The Balaban J connectivity index is 1.70. The lowest BCUT2D eigenvalue weighted by molar-refractivity contribution is 0.267. The average Bonchev–Trinajstić information content (AvgIpc) is 2.74. The highest BCUT2D eigenvalue weighted by atomic mass is 35.5. The van der Waals surface area contributed by atoms with Crippen molar-refractivity contribution < 1.29 is 13.5 Å². The van der Waals surface area contributed by atoms with Gasteiger partial charge in [-0.1, -0.05) is 29.8 Å². The predicted octanol–water partition coefficient (Wildman–Crippen LogP) is 3.94. The van der Waals surface area contributed by atoms with Crippen LogP contribution in [-0.2, 0) is 23.0 Å². The molecule has 0 aliphatic heterocycles. The Morgan fingerprint density at radius 3 is 2.37 bits per heavy atom. The van der Waals surface area contributed by atoms with Gasteiger partial charge in [0, 0.05) is 31.3 Å². The van der Waals surface area contributed by atoms with Crippen molar-refractivity contribution in [1.82, 2.24) is 9.62 Å². The predicted molar refractivity (Wildman–Crippen MR) is 121 cm³/mol. The molecule has 0 unspecified atom stereocenters. The van der Waals surface area contributed by atoms with Crippen LogP contribution in [-0.4, -0.2) is 44.6 Å². The first-order valence-electron chi connectivity index (χ1n) is 10.5. The Hall–Kier alpha value is -1.44. The number of aliphatic hydroxyl groups is 1. The van der Waals surface area contributed by atoms with Gasteiger partial charge < -0.3 is 10.4 Å². The molecule has 2 aromatic rings. The van der Waals surface area contributed by atoms with Crippen LogP contribution in [0.4, 0.5) is 0 Å². The van der Waals surface area contributed by atoms with Gasteiger partial charge in [-0.15, -0.1) is 0 Å². The van der Waals surface area contributed by atoms with E-state index in [0.717, 1.165) is 37.8 Å². The molecule has 0 spiro atoms. The lowest BCUT2D eigenvalue weighted by Crippen LogP contribution is -2.39. The molecular weight excluding hydrogens is 420 g/mol. The summed E-state index contributed by atoms with van der Waals surface area (Å²) in [6.45, 7) is 0.942. The largest absolute Gasteiger partial charge is 0.396 e. The summed E-state index contributed by atoms with van der Waals surface area (Å²) in [4.78, 5) is 0.285. The number of nitrogens with one attached hydrogen (secondary N) is 1. The zero-order valence-corrected chi connectivity index (χ0v) is 19.2. The summed E-state index contributed by atoms with van der Waals surface area (Å²) in [6.07, 6.45) is 4.26. The van der Waals surface area contributed by atoms with E-state index < -0.39 is 10.0 Å². The van der Waals surface area contributed by atoms with E-state index in [1.807, 2.05) is 7.05 Å². The highest BCUT2D eigenvalue weighted by Crippen LogP contribution is 2.37. The summed E-state index contributed by atoms with van der Waals surface area (Å²) in [5.74, 6) is 0.430. The highest BCUT2D eigenvalue weighted by Gasteiger charge is 2.32. The average molecular weight is 451 g/mol. The molecule has 0 amide bonds. The van der Waals surface area contributed by atoms with Gasteiger partial charge in [-0.3, -0.25) is 0 Å². The van der Waals surface area contributed by atoms with Crippen molar-refractivity contribution in [2.75, 3.05) is 20.7 Å². The van der Waals surface area contributed by atoms with Gasteiger partial charge in [-0.25, -0.2) is 8.42 Å². The fraction of sp³-hybridized carbons (Fsp3) is 0.478. The molecule has 3 rings (SSSR count). The number of nitrogens with zero attached hydrogens (tertiary/aromatic N) is 1. The molecule has 0 bridgehead atoms. The Bertz CT molecular complexity index is 939. The molecule has 30 heavy (non-hydrogen) atoms. The highest BCUT2D eigenvalue weighted by molar-refractivity contribution is 7.89. The SMILES string of the molecule is CNCc1cc(CCO)ccc1C1CCC(N(C)S(=O)(=O)c2ccc(Cl)cc2)CC1. The number of halogens is 1. The molecule has 0 atom stereocenters. The third-order valence-corrected chi connectivity index (χ3v) is 8.29. The van der Waals surface area contributed by atoms with Crippen molar-refractivity contribution >= 4 is 21.6 Å². The van der Waals surface area contributed by atoms with E-state index in [4.69, 9.17) is 11.6 Å². The van der Waals surface area contributed by atoms with E-state index in [1.54, 1.807) is 31.3 Å². The number of hydrogen-bond acceptors (Lipinski definition) is 4. The van der Waals surface area contributed by atoms with Crippen molar-refractivity contribution in [2.24, 2.45) is 0 Å². The van der Waals surface area contributed by atoms with Gasteiger partial charge in [0.25, 0.3) is 0 Å². The zero-order valence-electron chi connectivity index (χ0n) is 17.6. The Morgan fingerprint density at radius 2 is 1.77 bits per heavy atom. The summed E-state index contributed by atoms with van der Waals surface area (Å²) in [7, 11) is 0.101. The first-order chi connectivity index (χ1) is 14.4. The third-order valence-electron chi connectivity index (χ3n) is 6.12. The van der Waals surface area contributed by atoms with Crippen LogP contribution < -0.4 is 5.32 Å². The molecule has 0 radical (unpaired) electrons. The van der Waals surface area contributed by atoms with E-state index >= 15 is 0 Å². The molecule has 1 saturated carbocycles. The molecule has 1 fully saturated rings. The third kappa shape index (κ3) is 5.24. The van der Waals surface area contributed by atoms with E-state index in [1.165, 1.54) is 15.4 Å². The van der Waals surface area contributed by atoms with Gasteiger partial charge >= 0.3 is 0 Å². The molecule has 0 aromatic heterocycles. The standard InChI is InChI=1S/C23H31ClN2O3S/c1-25-16-19-15-17(13-14-27)3-12-23(19)18-4-8-21(9-5-18)26(2)30(28,29)22-10-6-20(24)7-11-22/h3,6-7,10-12,15,18,21,25,27H,4-5,8-9,13-14,16H2,1-2H3. The van der Waals surface area contributed by atoms with Crippen molar-refractivity contribution in [3.8, 4) is 0 Å². The second-order valence-corrected chi connectivity index (χ2v) is 10.5. The minimum atomic E-state index is -3.53. The van der Waals surface area contributed by atoms with Crippen molar-refractivity contribution in [2.45, 2.75) is 55.5 Å². The molecular formula is C23H31ClN2O3S. The van der Waals surface area contributed by atoms with E-state index in [2.05, 4.69) is 23.5 Å². The zero-order chi connectivity index (χ0) is 21.7. The van der Waals surface area contributed by atoms with E-state index in [-0.39, 0.29) is 17.5 Å². The smallest absolute Gasteiger partial charge is 0.243 e. The lowest BCUT2D eigenvalue weighted by Gasteiger charge is -2.35. The lowest BCUT2D eigenvalue weighted by atomic mass is 9.79. The summed E-state index contributed by atoms with van der Waals surface area (Å²) in [5.41, 5.74) is 3.76. The fourth-order valence-electron chi connectivity index (χ4n) is 4.41. The maximum absolute atomic E-state index is 13.0. The topological polar surface area (TPSA) is 69.6 Å². The molecule has 7 heteroatoms. The molecule has 1 aliphatic carbocycles. The quantitative estimate of drug-likeness (QED) is 0.639. The Labute approximate surface area is 185 Å². The second kappa shape index (κ2) is 10.2. The van der Waals surface area contributed by atoms with E-state index in [0.29, 0.717) is 17.4 Å². The second-order valence-electron chi connectivity index (χ2n) is 8.02. The van der Waals surface area contributed by atoms with Crippen LogP contribution in [0.3, 0.4) is 0 Å². The van der Waals surface area contributed by atoms with Gasteiger partial charge in [0.1, 0.15) is 0 Å². The number of aliphatic hydroxyl groups excluding tert-OH is 1. The Morgan fingerprint density at radius 1 is 1.10 bits per heavy atom. The monoisotopic (exact) mass is 450 g/mol. The molecule has 5 nitrogen and oxygen atoms in total. The van der Waals surface area contributed by atoms with Crippen LogP contribution in [0.1, 0.15) is 48.3 Å². The molecule has 2 N–H and O–H groups in total. The van der Waals surface area contributed by atoms with Crippen LogP contribution in [0.15, 0.2) is 47.4 Å². The first kappa shape index (κ1) is 23.2. The van der Waals surface area contributed by atoms with Gasteiger partial charge in [0.15, 0.2) is 0 Å². The van der Waals surface area contributed by atoms with Crippen molar-refractivity contribution in [3.05, 3.63) is 64.2 Å². The summed E-state index contributed by atoms with van der Waals surface area (Å²) in [5, 5.41) is 13.0. The molecule has 164 valence electrons. The van der Waals surface area contributed by atoms with Crippen LogP contribution in [0.5, 0.6) is 0 Å². The van der Waals surface area contributed by atoms with Crippen LogP contribution in [0.25, 0.3) is 0 Å². The van der Waals surface area contributed by atoms with Crippen LogP contribution in [0, 0.1) is 0 Å². The van der Waals surface area contributed by atoms with Crippen molar-refractivity contribution in [3.63, 3.8) is 0 Å². The summed E-state index contributed by atoms with van der Waals surface area (Å²) >= 11 is 5.90. The maximum atomic E-state index is 13.0. The molecule has 0 saturated heterocycles. The van der Waals surface area contributed by atoms with Gasteiger partial charge in [0.05, 0.1) is 4.90 Å². The van der Waals surface area contributed by atoms with Crippen molar-refractivity contribution in [1.29, 1.82) is 0 Å². The number of sulfonamides is 1. The van der Waals surface area contributed by atoms with Gasteiger partial charge in [-0.05, 0) is 86.0 Å². The normalized spacial score (nSPS) is 19.9. The summed E-state index contributed by atoms with van der Waals surface area (Å²) in [6, 6.07) is 12.8. The molecule has 0 heterocycles. The molecule has 1 aliphatic rings. The van der Waals surface area contributed by atoms with Crippen LogP contribution in [0.2, 0.25) is 5.02 Å². The van der Waals surface area contributed by atoms with E-state index in [9.17, 15) is 13.5 Å². The first-order valence-corrected chi connectivity index (χ1v) is 12.3. The number of rotatable bonds is 8. The summed E-state index contributed by atoms with van der Waals surface area (Å²) < 4.78 is 27.5.